The van der Waals surface area contributed by atoms with Gasteiger partial charge in [-0.1, -0.05) is 33.8 Å². The number of hydrogen-bond acceptors (Lipinski definition) is 4. The summed E-state index contributed by atoms with van der Waals surface area (Å²) < 4.78 is 1.50. The molecule has 0 saturated heterocycles. The standard InChI is InChI=1S/C21H25N5O2/c1-20(2)8-9-21(3,4)15-10-12(6-7-14(15)20)17(27)24-19-23-16-13(18(28)25-19)11-22-26(16)5/h6-7,10-11H,8-9H2,1-5H3,(H2,23,24,25,27,28). The number of rotatable bonds is 2. The van der Waals surface area contributed by atoms with Gasteiger partial charge in [0.25, 0.3) is 11.5 Å². The average molecular weight is 379 g/mol. The Morgan fingerprint density at radius 3 is 2.54 bits per heavy atom. The van der Waals surface area contributed by atoms with E-state index in [1.165, 1.54) is 22.0 Å². The van der Waals surface area contributed by atoms with Crippen LogP contribution in [0.1, 0.15) is 62.0 Å². The van der Waals surface area contributed by atoms with E-state index in [1.807, 2.05) is 12.1 Å². The highest BCUT2D eigenvalue weighted by molar-refractivity contribution is 6.03. The number of aryl methyl sites for hydroxylation is 1. The number of nitrogens with zero attached hydrogens (tertiary/aromatic N) is 3. The van der Waals surface area contributed by atoms with Crippen molar-refractivity contribution in [2.75, 3.05) is 5.32 Å². The van der Waals surface area contributed by atoms with Crippen molar-refractivity contribution in [3.63, 3.8) is 0 Å². The van der Waals surface area contributed by atoms with E-state index >= 15 is 0 Å². The van der Waals surface area contributed by atoms with Crippen molar-refractivity contribution >= 4 is 22.9 Å². The molecule has 2 heterocycles. The number of carbonyl (C=O) groups excluding carboxylic acids is 1. The Labute approximate surface area is 163 Å². The van der Waals surface area contributed by atoms with E-state index < -0.39 is 0 Å². The first-order valence-corrected chi connectivity index (χ1v) is 9.47. The molecule has 2 aromatic heterocycles. The number of nitrogens with one attached hydrogen (secondary N) is 2. The fourth-order valence-electron chi connectivity index (χ4n) is 4.00. The summed E-state index contributed by atoms with van der Waals surface area (Å²) in [6.07, 6.45) is 3.65. The molecule has 2 N–H and O–H groups in total. The number of amides is 1. The van der Waals surface area contributed by atoms with Gasteiger partial charge in [0.1, 0.15) is 5.39 Å². The van der Waals surface area contributed by atoms with Crippen molar-refractivity contribution in [3.8, 4) is 0 Å². The summed E-state index contributed by atoms with van der Waals surface area (Å²) in [4.78, 5) is 31.9. The third kappa shape index (κ3) is 2.91. The van der Waals surface area contributed by atoms with Crippen LogP contribution in [0.3, 0.4) is 0 Å². The quantitative estimate of drug-likeness (QED) is 0.715. The minimum absolute atomic E-state index is 0.0152. The van der Waals surface area contributed by atoms with Crippen molar-refractivity contribution in [1.82, 2.24) is 19.7 Å². The van der Waals surface area contributed by atoms with Gasteiger partial charge >= 0.3 is 0 Å². The van der Waals surface area contributed by atoms with E-state index in [1.54, 1.807) is 7.05 Å². The van der Waals surface area contributed by atoms with Crippen LogP contribution in [-0.4, -0.2) is 25.7 Å². The Bertz CT molecular complexity index is 1150. The molecule has 0 fully saturated rings. The maximum atomic E-state index is 12.8. The van der Waals surface area contributed by atoms with Crippen LogP contribution in [0.5, 0.6) is 0 Å². The molecule has 0 spiro atoms. The zero-order valence-electron chi connectivity index (χ0n) is 16.9. The van der Waals surface area contributed by atoms with Crippen LogP contribution < -0.4 is 10.9 Å². The van der Waals surface area contributed by atoms with Gasteiger partial charge in [-0.3, -0.25) is 24.6 Å². The zero-order chi connectivity index (χ0) is 20.3. The Kier molecular flexibility index (Phi) is 3.96. The highest BCUT2D eigenvalue weighted by atomic mass is 16.2. The molecule has 4 rings (SSSR count). The van der Waals surface area contributed by atoms with E-state index in [0.717, 1.165) is 12.8 Å². The normalized spacial score (nSPS) is 17.3. The van der Waals surface area contributed by atoms with Gasteiger partial charge in [0.2, 0.25) is 5.95 Å². The average Bonchev–Trinajstić information content (AvgIpc) is 3.00. The van der Waals surface area contributed by atoms with Gasteiger partial charge in [-0.2, -0.15) is 10.1 Å². The highest BCUT2D eigenvalue weighted by Gasteiger charge is 2.37. The van der Waals surface area contributed by atoms with E-state index in [9.17, 15) is 9.59 Å². The Morgan fingerprint density at radius 2 is 1.82 bits per heavy atom. The lowest BCUT2D eigenvalue weighted by Gasteiger charge is -2.42. The van der Waals surface area contributed by atoms with Crippen molar-refractivity contribution in [1.29, 1.82) is 0 Å². The first-order valence-electron chi connectivity index (χ1n) is 9.47. The second-order valence-electron chi connectivity index (χ2n) is 8.90. The summed E-state index contributed by atoms with van der Waals surface area (Å²) >= 11 is 0. The number of H-pyrrole nitrogens is 1. The zero-order valence-corrected chi connectivity index (χ0v) is 16.9. The van der Waals surface area contributed by atoms with Crippen molar-refractivity contribution in [2.24, 2.45) is 7.05 Å². The number of benzene rings is 1. The van der Waals surface area contributed by atoms with Crippen LogP contribution in [0.15, 0.2) is 29.2 Å². The molecule has 3 aromatic rings. The molecular weight excluding hydrogens is 354 g/mol. The number of hydrogen-bond donors (Lipinski definition) is 2. The minimum Gasteiger partial charge on any atom is -0.292 e. The maximum absolute atomic E-state index is 12.8. The molecule has 7 heteroatoms. The van der Waals surface area contributed by atoms with Crippen LogP contribution in [0.25, 0.3) is 11.0 Å². The summed E-state index contributed by atoms with van der Waals surface area (Å²) in [5, 5.41) is 7.14. The van der Waals surface area contributed by atoms with Crippen LogP contribution in [-0.2, 0) is 17.9 Å². The third-order valence-electron chi connectivity index (χ3n) is 5.95. The molecular formula is C21H25N5O2. The van der Waals surface area contributed by atoms with Crippen LogP contribution >= 0.6 is 0 Å². The van der Waals surface area contributed by atoms with Gasteiger partial charge in [0.05, 0.1) is 6.20 Å². The van der Waals surface area contributed by atoms with Gasteiger partial charge in [-0.25, -0.2) is 0 Å². The number of anilines is 1. The predicted octanol–water partition coefficient (Wildman–Crippen LogP) is 3.26. The van der Waals surface area contributed by atoms with Crippen molar-refractivity contribution < 1.29 is 4.79 Å². The smallest absolute Gasteiger partial charge is 0.263 e. The molecule has 0 radical (unpaired) electrons. The monoisotopic (exact) mass is 379 g/mol. The number of aromatic amines is 1. The molecule has 7 nitrogen and oxygen atoms in total. The molecule has 1 aliphatic carbocycles. The second-order valence-corrected chi connectivity index (χ2v) is 8.90. The molecule has 1 aromatic carbocycles. The minimum atomic E-state index is -0.332. The SMILES string of the molecule is Cn1ncc2c(=O)[nH]c(NC(=O)c3ccc4c(c3)C(C)(C)CCC4(C)C)nc21. The molecule has 1 amide bonds. The second kappa shape index (κ2) is 6.02. The van der Waals surface area contributed by atoms with Gasteiger partial charge < -0.3 is 0 Å². The number of aromatic nitrogens is 4. The summed E-state index contributed by atoms with van der Waals surface area (Å²) in [5.74, 6) is -0.185. The third-order valence-corrected chi connectivity index (χ3v) is 5.95. The van der Waals surface area contributed by atoms with Crippen molar-refractivity contribution in [3.05, 3.63) is 51.4 Å². The Morgan fingerprint density at radius 1 is 1.14 bits per heavy atom. The molecule has 0 saturated carbocycles. The Balaban J connectivity index is 1.70. The van der Waals surface area contributed by atoms with Crippen molar-refractivity contribution in [2.45, 2.75) is 51.4 Å². The largest absolute Gasteiger partial charge is 0.292 e. The van der Waals surface area contributed by atoms with Gasteiger partial charge in [-0.15, -0.1) is 0 Å². The Hall–Kier alpha value is -2.96. The topological polar surface area (TPSA) is 92.7 Å². The van der Waals surface area contributed by atoms with Gasteiger partial charge in [0.15, 0.2) is 5.65 Å². The fraction of sp³-hybridized carbons (Fsp3) is 0.429. The summed E-state index contributed by atoms with van der Waals surface area (Å²) in [5.41, 5.74) is 3.26. The van der Waals surface area contributed by atoms with E-state index in [-0.39, 0.29) is 28.2 Å². The first kappa shape index (κ1) is 18.4. The van der Waals surface area contributed by atoms with Crippen LogP contribution in [0.4, 0.5) is 5.95 Å². The molecule has 0 aliphatic heterocycles. The summed E-state index contributed by atoms with van der Waals surface area (Å²) in [7, 11) is 1.70. The predicted molar refractivity (Wildman–Crippen MR) is 109 cm³/mol. The lowest BCUT2D eigenvalue weighted by Crippen LogP contribution is -2.34. The number of carbonyl (C=O) groups is 1. The fourth-order valence-corrected chi connectivity index (χ4v) is 4.00. The maximum Gasteiger partial charge on any atom is 0.263 e. The molecule has 0 unspecified atom stereocenters. The summed E-state index contributed by atoms with van der Waals surface area (Å²) in [6, 6.07) is 5.88. The van der Waals surface area contributed by atoms with Gasteiger partial charge in [0, 0.05) is 12.6 Å². The lowest BCUT2D eigenvalue weighted by atomic mass is 9.63. The van der Waals surface area contributed by atoms with E-state index in [0.29, 0.717) is 16.6 Å². The lowest BCUT2D eigenvalue weighted by molar-refractivity contribution is 0.102. The molecule has 1 aliphatic rings. The molecule has 0 atom stereocenters. The molecule has 0 bridgehead atoms. The highest BCUT2D eigenvalue weighted by Crippen LogP contribution is 2.45. The molecule has 28 heavy (non-hydrogen) atoms. The van der Waals surface area contributed by atoms with Crippen LogP contribution in [0, 0.1) is 0 Å². The first-order chi connectivity index (χ1) is 13.1. The van der Waals surface area contributed by atoms with E-state index in [4.69, 9.17) is 0 Å². The number of fused-ring (bicyclic) bond motifs is 2. The van der Waals surface area contributed by atoms with E-state index in [2.05, 4.69) is 54.1 Å². The summed E-state index contributed by atoms with van der Waals surface area (Å²) in [6.45, 7) is 8.94. The van der Waals surface area contributed by atoms with Gasteiger partial charge in [-0.05, 0) is 46.9 Å². The van der Waals surface area contributed by atoms with Crippen LogP contribution in [0.2, 0.25) is 0 Å². The molecule has 146 valence electrons.